The van der Waals surface area contributed by atoms with Gasteiger partial charge in [0.15, 0.2) is 0 Å². The van der Waals surface area contributed by atoms with E-state index >= 15 is 0 Å². The Morgan fingerprint density at radius 3 is 2.92 bits per heavy atom. The van der Waals surface area contributed by atoms with Gasteiger partial charge in [0, 0.05) is 6.54 Å². The second-order valence-electron chi connectivity index (χ2n) is 5.76. The number of nitrogens with zero attached hydrogens (tertiary/aromatic N) is 1. The van der Waals surface area contributed by atoms with E-state index in [4.69, 9.17) is 4.74 Å². The third-order valence-corrected chi connectivity index (χ3v) is 3.94. The zero-order valence-corrected chi connectivity index (χ0v) is 13.9. The SMILES string of the molecule is COc1ccccc1CCNC(=O)Cc1ccc2nc(C)[nH]c2c1. The third kappa shape index (κ3) is 3.74. The molecule has 2 N–H and O–H groups in total. The van der Waals surface area contributed by atoms with Crippen molar-refractivity contribution in [3.8, 4) is 5.75 Å². The topological polar surface area (TPSA) is 67.0 Å². The van der Waals surface area contributed by atoms with E-state index in [1.54, 1.807) is 7.11 Å². The van der Waals surface area contributed by atoms with Crippen molar-refractivity contribution in [2.45, 2.75) is 19.8 Å². The summed E-state index contributed by atoms with van der Waals surface area (Å²) in [7, 11) is 1.66. The molecule has 0 aliphatic heterocycles. The largest absolute Gasteiger partial charge is 0.496 e. The summed E-state index contributed by atoms with van der Waals surface area (Å²) in [5, 5.41) is 2.96. The zero-order valence-electron chi connectivity index (χ0n) is 13.9. The van der Waals surface area contributed by atoms with Crippen LogP contribution in [0.25, 0.3) is 11.0 Å². The lowest BCUT2D eigenvalue weighted by molar-refractivity contribution is -0.120. The van der Waals surface area contributed by atoms with Crippen LogP contribution in [0.1, 0.15) is 17.0 Å². The van der Waals surface area contributed by atoms with Gasteiger partial charge in [0.1, 0.15) is 11.6 Å². The van der Waals surface area contributed by atoms with Gasteiger partial charge in [-0.1, -0.05) is 24.3 Å². The Morgan fingerprint density at radius 2 is 2.08 bits per heavy atom. The van der Waals surface area contributed by atoms with Crippen molar-refractivity contribution in [3.05, 3.63) is 59.4 Å². The fourth-order valence-electron chi connectivity index (χ4n) is 2.79. The normalized spacial score (nSPS) is 10.8. The van der Waals surface area contributed by atoms with Gasteiger partial charge in [0.05, 0.1) is 24.6 Å². The summed E-state index contributed by atoms with van der Waals surface area (Å²) in [6, 6.07) is 13.7. The fraction of sp³-hybridized carbons (Fsp3) is 0.263. The molecule has 1 aromatic heterocycles. The van der Waals surface area contributed by atoms with Crippen LogP contribution in [-0.4, -0.2) is 29.5 Å². The first kappa shape index (κ1) is 16.1. The maximum Gasteiger partial charge on any atom is 0.224 e. The molecule has 5 nitrogen and oxygen atoms in total. The number of carbonyl (C=O) groups excluding carboxylic acids is 1. The van der Waals surface area contributed by atoms with Gasteiger partial charge in [-0.05, 0) is 42.7 Å². The summed E-state index contributed by atoms with van der Waals surface area (Å²) in [6.07, 6.45) is 1.11. The number of hydrogen-bond acceptors (Lipinski definition) is 3. The molecule has 3 rings (SSSR count). The number of H-pyrrole nitrogens is 1. The highest BCUT2D eigenvalue weighted by Crippen LogP contribution is 2.17. The molecule has 0 bridgehead atoms. The molecular weight excluding hydrogens is 302 g/mol. The van der Waals surface area contributed by atoms with E-state index in [0.717, 1.165) is 40.2 Å². The predicted molar refractivity (Wildman–Crippen MR) is 94.2 cm³/mol. The van der Waals surface area contributed by atoms with Crippen LogP contribution in [0.15, 0.2) is 42.5 Å². The monoisotopic (exact) mass is 323 g/mol. The molecule has 0 aliphatic rings. The number of imidazole rings is 1. The lowest BCUT2D eigenvalue weighted by Crippen LogP contribution is -2.27. The lowest BCUT2D eigenvalue weighted by atomic mass is 10.1. The van der Waals surface area contributed by atoms with E-state index < -0.39 is 0 Å². The number of para-hydroxylation sites is 1. The number of benzene rings is 2. The molecule has 0 saturated heterocycles. The minimum atomic E-state index is 0.0143. The van der Waals surface area contributed by atoms with Crippen LogP contribution in [0.5, 0.6) is 5.75 Å². The molecule has 3 aromatic rings. The number of methoxy groups -OCH3 is 1. The number of nitrogens with one attached hydrogen (secondary N) is 2. The standard InChI is InChI=1S/C19H21N3O2/c1-13-21-16-8-7-14(11-17(16)22-13)12-19(23)20-10-9-15-5-3-4-6-18(15)24-2/h3-8,11H,9-10,12H2,1-2H3,(H,20,23)(H,21,22). The lowest BCUT2D eigenvalue weighted by Gasteiger charge is -2.09. The van der Waals surface area contributed by atoms with E-state index in [-0.39, 0.29) is 5.91 Å². The number of rotatable bonds is 6. The minimum Gasteiger partial charge on any atom is -0.496 e. The molecular formula is C19H21N3O2. The Kier molecular flexibility index (Phi) is 4.79. The predicted octanol–water partition coefficient (Wildman–Crippen LogP) is 2.78. The van der Waals surface area contributed by atoms with E-state index in [0.29, 0.717) is 13.0 Å². The zero-order chi connectivity index (χ0) is 16.9. The van der Waals surface area contributed by atoms with Crippen LogP contribution in [-0.2, 0) is 17.6 Å². The molecule has 0 saturated carbocycles. The Hall–Kier alpha value is -2.82. The summed E-state index contributed by atoms with van der Waals surface area (Å²) in [4.78, 5) is 19.7. The minimum absolute atomic E-state index is 0.0143. The number of aryl methyl sites for hydroxylation is 1. The van der Waals surface area contributed by atoms with Crippen molar-refractivity contribution in [2.75, 3.05) is 13.7 Å². The fourth-order valence-corrected chi connectivity index (χ4v) is 2.79. The maximum absolute atomic E-state index is 12.1. The second-order valence-corrected chi connectivity index (χ2v) is 5.76. The number of fused-ring (bicyclic) bond motifs is 1. The Balaban J connectivity index is 1.55. The van der Waals surface area contributed by atoms with Gasteiger partial charge in [-0.2, -0.15) is 0 Å². The van der Waals surface area contributed by atoms with Crippen molar-refractivity contribution in [1.29, 1.82) is 0 Å². The van der Waals surface area contributed by atoms with Gasteiger partial charge in [0.2, 0.25) is 5.91 Å². The first-order chi connectivity index (χ1) is 11.7. The molecule has 0 radical (unpaired) electrons. The number of aromatic amines is 1. The number of carbonyl (C=O) groups is 1. The Morgan fingerprint density at radius 1 is 1.25 bits per heavy atom. The van der Waals surface area contributed by atoms with Crippen LogP contribution in [0, 0.1) is 6.92 Å². The summed E-state index contributed by atoms with van der Waals surface area (Å²) in [5.41, 5.74) is 3.95. The number of ether oxygens (including phenoxy) is 1. The van der Waals surface area contributed by atoms with Gasteiger partial charge < -0.3 is 15.0 Å². The van der Waals surface area contributed by atoms with Crippen molar-refractivity contribution >= 4 is 16.9 Å². The van der Waals surface area contributed by atoms with E-state index in [1.165, 1.54) is 0 Å². The number of hydrogen-bond donors (Lipinski definition) is 2. The van der Waals surface area contributed by atoms with Gasteiger partial charge in [-0.25, -0.2) is 4.98 Å². The molecule has 0 fully saturated rings. The molecule has 5 heteroatoms. The summed E-state index contributed by atoms with van der Waals surface area (Å²) < 4.78 is 5.32. The first-order valence-electron chi connectivity index (χ1n) is 7.99. The van der Waals surface area contributed by atoms with E-state index in [9.17, 15) is 4.79 Å². The van der Waals surface area contributed by atoms with Gasteiger partial charge in [0.25, 0.3) is 0 Å². The molecule has 0 unspecified atom stereocenters. The van der Waals surface area contributed by atoms with Crippen molar-refractivity contribution < 1.29 is 9.53 Å². The number of aromatic nitrogens is 2. The molecule has 0 aliphatic carbocycles. The van der Waals surface area contributed by atoms with Crippen molar-refractivity contribution in [2.24, 2.45) is 0 Å². The average Bonchev–Trinajstić information content (AvgIpc) is 2.94. The highest BCUT2D eigenvalue weighted by molar-refractivity contribution is 5.81. The van der Waals surface area contributed by atoms with Crippen molar-refractivity contribution in [1.82, 2.24) is 15.3 Å². The smallest absolute Gasteiger partial charge is 0.224 e. The summed E-state index contributed by atoms with van der Waals surface area (Å²) >= 11 is 0. The van der Waals surface area contributed by atoms with Crippen LogP contribution in [0.3, 0.4) is 0 Å². The van der Waals surface area contributed by atoms with Gasteiger partial charge in [-0.3, -0.25) is 4.79 Å². The Bertz CT molecular complexity index is 855. The number of amides is 1. The molecule has 2 aromatic carbocycles. The van der Waals surface area contributed by atoms with E-state index in [2.05, 4.69) is 15.3 Å². The van der Waals surface area contributed by atoms with Gasteiger partial charge in [-0.15, -0.1) is 0 Å². The molecule has 1 amide bonds. The Labute approximate surface area is 141 Å². The van der Waals surface area contributed by atoms with Crippen LogP contribution in [0.4, 0.5) is 0 Å². The van der Waals surface area contributed by atoms with Crippen molar-refractivity contribution in [3.63, 3.8) is 0 Å². The average molecular weight is 323 g/mol. The third-order valence-electron chi connectivity index (χ3n) is 3.94. The molecule has 1 heterocycles. The first-order valence-corrected chi connectivity index (χ1v) is 7.99. The highest BCUT2D eigenvalue weighted by atomic mass is 16.5. The molecule has 0 spiro atoms. The quantitative estimate of drug-likeness (QED) is 0.733. The van der Waals surface area contributed by atoms with E-state index in [1.807, 2.05) is 49.4 Å². The molecule has 24 heavy (non-hydrogen) atoms. The summed E-state index contributed by atoms with van der Waals surface area (Å²) in [6.45, 7) is 2.51. The van der Waals surface area contributed by atoms with Crippen LogP contribution >= 0.6 is 0 Å². The second kappa shape index (κ2) is 7.17. The molecule has 124 valence electrons. The van der Waals surface area contributed by atoms with Crippen LogP contribution < -0.4 is 10.1 Å². The molecule has 0 atom stereocenters. The highest BCUT2D eigenvalue weighted by Gasteiger charge is 2.07. The maximum atomic E-state index is 12.1. The van der Waals surface area contributed by atoms with Crippen LogP contribution in [0.2, 0.25) is 0 Å². The van der Waals surface area contributed by atoms with Gasteiger partial charge >= 0.3 is 0 Å². The summed E-state index contributed by atoms with van der Waals surface area (Å²) in [5.74, 6) is 1.75.